The lowest BCUT2D eigenvalue weighted by Crippen LogP contribution is -2.49. The molecule has 1 aliphatic heterocycles. The number of benzene rings is 1. The van der Waals surface area contributed by atoms with E-state index < -0.39 is 0 Å². The Morgan fingerprint density at radius 2 is 1.85 bits per heavy atom. The molecule has 0 bridgehead atoms. The van der Waals surface area contributed by atoms with E-state index >= 15 is 0 Å². The van der Waals surface area contributed by atoms with E-state index in [-0.39, 0.29) is 29.4 Å². The van der Waals surface area contributed by atoms with E-state index in [1.165, 1.54) is 0 Å². The molecule has 0 unspecified atom stereocenters. The van der Waals surface area contributed by atoms with Crippen molar-refractivity contribution in [3.05, 3.63) is 33.8 Å². The molecule has 0 aliphatic carbocycles. The largest absolute Gasteiger partial charge is 0.378 e. The van der Waals surface area contributed by atoms with Crippen molar-refractivity contribution in [1.29, 1.82) is 0 Å². The minimum Gasteiger partial charge on any atom is -0.378 e. The lowest BCUT2D eigenvalue weighted by molar-refractivity contribution is 0.0263. The van der Waals surface area contributed by atoms with Gasteiger partial charge in [0.2, 0.25) is 0 Å². The molecule has 1 aromatic rings. The second-order valence-electron chi connectivity index (χ2n) is 7.02. The number of hydrogen-bond donors (Lipinski definition) is 1. The molecule has 26 heavy (non-hydrogen) atoms. The fourth-order valence-electron chi connectivity index (χ4n) is 3.34. The first-order valence-electron chi connectivity index (χ1n) is 8.90. The maximum atomic E-state index is 6.39. The van der Waals surface area contributed by atoms with Gasteiger partial charge in [-0.3, -0.25) is 4.99 Å². The molecule has 0 aromatic heterocycles. The van der Waals surface area contributed by atoms with Crippen LogP contribution in [0, 0.1) is 0 Å². The highest BCUT2D eigenvalue weighted by atomic mass is 127. The summed E-state index contributed by atoms with van der Waals surface area (Å²) in [6, 6.07) is 5.65. The molecule has 1 N–H and O–H groups in total. The van der Waals surface area contributed by atoms with Crippen LogP contribution in [0.15, 0.2) is 23.2 Å². The van der Waals surface area contributed by atoms with Crippen LogP contribution in [0.1, 0.15) is 39.2 Å². The van der Waals surface area contributed by atoms with Crippen LogP contribution in [-0.2, 0) is 10.2 Å². The van der Waals surface area contributed by atoms with E-state index in [1.54, 1.807) is 0 Å². The van der Waals surface area contributed by atoms with E-state index in [2.05, 4.69) is 36.0 Å². The number of nitrogens with zero attached hydrogens (tertiary/aromatic N) is 2. The van der Waals surface area contributed by atoms with E-state index in [1.807, 2.05) is 25.2 Å². The molecule has 1 heterocycles. The van der Waals surface area contributed by atoms with Crippen LogP contribution < -0.4 is 5.32 Å². The number of guanidine groups is 1. The molecular weight excluding hydrogens is 484 g/mol. The van der Waals surface area contributed by atoms with Crippen molar-refractivity contribution in [3.8, 4) is 0 Å². The van der Waals surface area contributed by atoms with Gasteiger partial charge in [0.15, 0.2) is 5.96 Å². The standard InChI is InChI=1S/C19H29Cl2N3O.HI/c1-5-25-14-9-11-24(12-10-14)18(22-4)23-13-19(2,3)17-15(20)7-6-8-16(17)21;/h6-8,14H,5,9-13H2,1-4H3,(H,22,23);1H. The minimum atomic E-state index is -0.213. The number of ether oxygens (including phenoxy) is 1. The zero-order valence-corrected chi connectivity index (χ0v) is 19.9. The fraction of sp³-hybridized carbons (Fsp3) is 0.632. The Morgan fingerprint density at radius 1 is 1.27 bits per heavy atom. The maximum Gasteiger partial charge on any atom is 0.193 e. The molecule has 0 saturated carbocycles. The van der Waals surface area contributed by atoms with Gasteiger partial charge < -0.3 is 15.0 Å². The average Bonchev–Trinajstić information content (AvgIpc) is 2.56. The number of rotatable bonds is 5. The van der Waals surface area contributed by atoms with Gasteiger partial charge in [-0.15, -0.1) is 24.0 Å². The summed E-state index contributed by atoms with van der Waals surface area (Å²) in [7, 11) is 1.83. The average molecular weight is 514 g/mol. The van der Waals surface area contributed by atoms with Crippen LogP contribution in [0.4, 0.5) is 0 Å². The van der Waals surface area contributed by atoms with Crippen LogP contribution in [0.2, 0.25) is 10.0 Å². The highest BCUT2D eigenvalue weighted by molar-refractivity contribution is 14.0. The van der Waals surface area contributed by atoms with E-state index in [9.17, 15) is 0 Å². The number of halogens is 3. The van der Waals surface area contributed by atoms with E-state index in [4.69, 9.17) is 27.9 Å². The summed E-state index contributed by atoms with van der Waals surface area (Å²) in [5, 5.41) is 4.90. The third-order valence-electron chi connectivity index (χ3n) is 4.68. The smallest absolute Gasteiger partial charge is 0.193 e. The van der Waals surface area contributed by atoms with Crippen molar-refractivity contribution in [2.24, 2.45) is 4.99 Å². The summed E-state index contributed by atoms with van der Waals surface area (Å²) in [4.78, 5) is 6.74. The molecule has 0 spiro atoms. The van der Waals surface area contributed by atoms with Gasteiger partial charge in [-0.05, 0) is 37.5 Å². The van der Waals surface area contributed by atoms with Crippen LogP contribution in [-0.4, -0.2) is 50.3 Å². The number of aliphatic imine (C=N–C) groups is 1. The third-order valence-corrected chi connectivity index (χ3v) is 5.31. The predicted octanol–water partition coefficient (Wildman–Crippen LogP) is 4.97. The molecule has 2 rings (SSSR count). The molecule has 1 fully saturated rings. The molecule has 0 atom stereocenters. The summed E-state index contributed by atoms with van der Waals surface area (Å²) in [5.41, 5.74) is 0.756. The second kappa shape index (κ2) is 10.9. The fourth-order valence-corrected chi connectivity index (χ4v) is 4.24. The Morgan fingerprint density at radius 3 is 2.35 bits per heavy atom. The van der Waals surface area contributed by atoms with Crippen molar-refractivity contribution >= 4 is 53.1 Å². The van der Waals surface area contributed by atoms with E-state index in [0.29, 0.717) is 22.7 Å². The lowest BCUT2D eigenvalue weighted by atomic mass is 9.84. The molecule has 0 amide bonds. The predicted molar refractivity (Wildman–Crippen MR) is 122 cm³/mol. The molecule has 1 aromatic carbocycles. The summed E-state index contributed by atoms with van der Waals surface area (Å²) < 4.78 is 5.73. The number of nitrogens with one attached hydrogen (secondary N) is 1. The topological polar surface area (TPSA) is 36.9 Å². The third kappa shape index (κ3) is 6.14. The van der Waals surface area contributed by atoms with Gasteiger partial charge >= 0.3 is 0 Å². The van der Waals surface area contributed by atoms with Crippen LogP contribution in [0.25, 0.3) is 0 Å². The van der Waals surface area contributed by atoms with Gasteiger partial charge in [-0.25, -0.2) is 0 Å². The van der Waals surface area contributed by atoms with Crippen molar-refractivity contribution in [3.63, 3.8) is 0 Å². The van der Waals surface area contributed by atoms with Crippen molar-refractivity contribution in [2.75, 3.05) is 33.3 Å². The maximum absolute atomic E-state index is 6.39. The Labute approximate surface area is 184 Å². The molecule has 7 heteroatoms. The lowest BCUT2D eigenvalue weighted by Gasteiger charge is -2.36. The van der Waals surface area contributed by atoms with Crippen molar-refractivity contribution in [2.45, 2.75) is 45.1 Å². The highest BCUT2D eigenvalue weighted by Gasteiger charge is 2.28. The van der Waals surface area contributed by atoms with Crippen LogP contribution in [0.5, 0.6) is 0 Å². The number of hydrogen-bond acceptors (Lipinski definition) is 2. The summed E-state index contributed by atoms with van der Waals surface area (Å²) in [6.45, 7) is 9.73. The first-order valence-corrected chi connectivity index (χ1v) is 9.66. The van der Waals surface area contributed by atoms with Crippen molar-refractivity contribution < 1.29 is 4.74 Å². The van der Waals surface area contributed by atoms with Crippen LogP contribution >= 0.6 is 47.2 Å². The Bertz CT molecular complexity index is 582. The second-order valence-corrected chi connectivity index (χ2v) is 7.84. The first-order chi connectivity index (χ1) is 11.9. The first kappa shape index (κ1) is 23.8. The minimum absolute atomic E-state index is 0. The van der Waals surface area contributed by atoms with Gasteiger partial charge in [-0.2, -0.15) is 0 Å². The molecule has 1 aliphatic rings. The van der Waals surface area contributed by atoms with E-state index in [0.717, 1.165) is 44.1 Å². The highest BCUT2D eigenvalue weighted by Crippen LogP contribution is 2.35. The van der Waals surface area contributed by atoms with Crippen LogP contribution in [0.3, 0.4) is 0 Å². The zero-order chi connectivity index (χ0) is 18.4. The summed E-state index contributed by atoms with van der Waals surface area (Å²) in [6.07, 6.45) is 2.44. The molecule has 0 radical (unpaired) electrons. The number of likely N-dealkylation sites (tertiary alicyclic amines) is 1. The van der Waals surface area contributed by atoms with Gasteiger partial charge in [0.05, 0.1) is 6.10 Å². The normalized spacial score (nSPS) is 16.4. The quantitative estimate of drug-likeness (QED) is 0.343. The molecule has 148 valence electrons. The van der Waals surface area contributed by atoms with Gasteiger partial charge in [0, 0.05) is 48.7 Å². The Kier molecular flexibility index (Phi) is 10.0. The molecule has 4 nitrogen and oxygen atoms in total. The van der Waals surface area contributed by atoms with Crippen molar-refractivity contribution in [1.82, 2.24) is 10.2 Å². The van der Waals surface area contributed by atoms with Gasteiger partial charge in [0.1, 0.15) is 0 Å². The zero-order valence-electron chi connectivity index (χ0n) is 16.0. The molecular formula is C19H30Cl2IN3O. The summed E-state index contributed by atoms with van der Waals surface area (Å²) >= 11 is 12.8. The van der Waals surface area contributed by atoms with Gasteiger partial charge in [0.25, 0.3) is 0 Å². The van der Waals surface area contributed by atoms with Gasteiger partial charge in [-0.1, -0.05) is 43.1 Å². The number of piperidine rings is 1. The Balaban J connectivity index is 0.00000338. The summed E-state index contributed by atoms with van der Waals surface area (Å²) in [5.74, 6) is 0.922. The molecule has 1 saturated heterocycles. The monoisotopic (exact) mass is 513 g/mol. The Hall–Kier alpha value is -0.240. The SMILES string of the molecule is CCOC1CCN(C(=NC)NCC(C)(C)c2c(Cl)cccc2Cl)CC1.I.